The smallest absolute Gasteiger partial charge is 0.255 e. The highest BCUT2D eigenvalue weighted by Crippen LogP contribution is 2.14. The lowest BCUT2D eigenvalue weighted by Crippen LogP contribution is -2.28. The van der Waals surface area contributed by atoms with E-state index < -0.39 is 6.10 Å². The first-order valence-corrected chi connectivity index (χ1v) is 7.52. The van der Waals surface area contributed by atoms with Gasteiger partial charge in [0, 0.05) is 6.20 Å². The molecule has 7 heteroatoms. The van der Waals surface area contributed by atoms with E-state index in [1.54, 1.807) is 24.6 Å². The van der Waals surface area contributed by atoms with E-state index in [0.717, 1.165) is 11.3 Å². The Morgan fingerprint density at radius 2 is 2.12 bits per heavy atom. The lowest BCUT2D eigenvalue weighted by atomic mass is 10.2. The maximum atomic E-state index is 12.3. The number of aromatic nitrogens is 3. The Morgan fingerprint density at radius 1 is 1.25 bits per heavy atom. The van der Waals surface area contributed by atoms with Crippen molar-refractivity contribution in [1.82, 2.24) is 14.6 Å². The second-order valence-electron chi connectivity index (χ2n) is 5.25. The van der Waals surface area contributed by atoms with Gasteiger partial charge in [-0.3, -0.25) is 14.5 Å². The first-order chi connectivity index (χ1) is 11.7. The van der Waals surface area contributed by atoms with Crippen LogP contribution in [0.5, 0.6) is 5.75 Å². The summed E-state index contributed by atoms with van der Waals surface area (Å²) < 4.78 is 12.5. The third-order valence-electron chi connectivity index (χ3n) is 3.55. The summed E-state index contributed by atoms with van der Waals surface area (Å²) in [6.45, 7) is 2.01. The van der Waals surface area contributed by atoms with Crippen molar-refractivity contribution in [2.45, 2.75) is 19.6 Å². The van der Waals surface area contributed by atoms with Gasteiger partial charge in [0.1, 0.15) is 11.9 Å². The Morgan fingerprint density at radius 3 is 2.96 bits per heavy atom. The molecule has 2 heterocycles. The molecule has 2 aromatic heterocycles. The van der Waals surface area contributed by atoms with Gasteiger partial charge in [-0.15, -0.1) is 10.2 Å². The highest BCUT2D eigenvalue weighted by Gasteiger charge is 2.16. The molecule has 0 saturated carbocycles. The van der Waals surface area contributed by atoms with Gasteiger partial charge in [0.25, 0.3) is 5.91 Å². The highest BCUT2D eigenvalue weighted by atomic mass is 16.5. The SMILES string of the molecule is COc1cccc(COC(C)C(=O)Nc2nnc3ccccn23)c1. The average Bonchev–Trinajstić information content (AvgIpc) is 3.03. The topological polar surface area (TPSA) is 77.8 Å². The largest absolute Gasteiger partial charge is 0.497 e. The number of carbonyl (C=O) groups excluding carboxylic acids is 1. The maximum Gasteiger partial charge on any atom is 0.255 e. The first-order valence-electron chi connectivity index (χ1n) is 7.52. The Hall–Kier alpha value is -2.93. The molecule has 0 radical (unpaired) electrons. The maximum absolute atomic E-state index is 12.3. The van der Waals surface area contributed by atoms with Crippen LogP contribution in [0.1, 0.15) is 12.5 Å². The molecular formula is C17H18N4O3. The monoisotopic (exact) mass is 326 g/mol. The van der Waals surface area contributed by atoms with Crippen molar-refractivity contribution < 1.29 is 14.3 Å². The van der Waals surface area contributed by atoms with Gasteiger partial charge in [-0.2, -0.15) is 0 Å². The number of nitrogens with one attached hydrogen (secondary N) is 1. The third kappa shape index (κ3) is 3.52. The third-order valence-corrected chi connectivity index (χ3v) is 3.55. The number of hydrogen-bond acceptors (Lipinski definition) is 5. The summed E-state index contributed by atoms with van der Waals surface area (Å²) in [5.74, 6) is 0.839. The van der Waals surface area contributed by atoms with Crippen LogP contribution >= 0.6 is 0 Å². The Kier molecular flexibility index (Phi) is 4.72. The summed E-state index contributed by atoms with van der Waals surface area (Å²) in [6.07, 6.45) is 1.15. The molecule has 1 aromatic carbocycles. The van der Waals surface area contributed by atoms with E-state index >= 15 is 0 Å². The molecule has 1 amide bonds. The summed E-state index contributed by atoms with van der Waals surface area (Å²) in [4.78, 5) is 12.3. The second kappa shape index (κ2) is 7.10. The molecule has 1 N–H and O–H groups in total. The van der Waals surface area contributed by atoms with Crippen LogP contribution in [0.2, 0.25) is 0 Å². The van der Waals surface area contributed by atoms with E-state index in [2.05, 4.69) is 15.5 Å². The van der Waals surface area contributed by atoms with Crippen LogP contribution in [0.25, 0.3) is 5.65 Å². The van der Waals surface area contributed by atoms with Crippen molar-refractivity contribution in [3.63, 3.8) is 0 Å². The number of rotatable bonds is 6. The minimum absolute atomic E-state index is 0.281. The van der Waals surface area contributed by atoms with Gasteiger partial charge in [0.05, 0.1) is 13.7 Å². The van der Waals surface area contributed by atoms with Crippen molar-refractivity contribution >= 4 is 17.5 Å². The van der Waals surface area contributed by atoms with Crippen molar-refractivity contribution in [2.24, 2.45) is 0 Å². The number of pyridine rings is 1. The number of methoxy groups -OCH3 is 1. The molecule has 0 spiro atoms. The molecule has 1 unspecified atom stereocenters. The van der Waals surface area contributed by atoms with Crippen LogP contribution in [0.4, 0.5) is 5.95 Å². The summed E-state index contributed by atoms with van der Waals surface area (Å²) in [5.41, 5.74) is 1.60. The number of amides is 1. The van der Waals surface area contributed by atoms with Crippen molar-refractivity contribution in [1.29, 1.82) is 0 Å². The summed E-state index contributed by atoms with van der Waals surface area (Å²) in [5, 5.41) is 10.7. The van der Waals surface area contributed by atoms with Crippen LogP contribution in [0.15, 0.2) is 48.7 Å². The normalized spacial score (nSPS) is 12.1. The van der Waals surface area contributed by atoms with E-state index in [1.807, 2.05) is 42.5 Å². The Balaban J connectivity index is 1.60. The van der Waals surface area contributed by atoms with E-state index in [1.165, 1.54) is 0 Å². The molecule has 0 aliphatic rings. The van der Waals surface area contributed by atoms with E-state index in [0.29, 0.717) is 18.2 Å². The van der Waals surface area contributed by atoms with Crippen LogP contribution in [0, 0.1) is 0 Å². The van der Waals surface area contributed by atoms with Gasteiger partial charge in [0.15, 0.2) is 5.65 Å². The zero-order chi connectivity index (χ0) is 16.9. The summed E-state index contributed by atoms with van der Waals surface area (Å²) >= 11 is 0. The molecule has 0 bridgehead atoms. The Bertz CT molecular complexity index is 846. The second-order valence-corrected chi connectivity index (χ2v) is 5.25. The van der Waals surface area contributed by atoms with Gasteiger partial charge in [-0.25, -0.2) is 0 Å². The summed E-state index contributed by atoms with van der Waals surface area (Å²) in [6, 6.07) is 13.0. The fourth-order valence-corrected chi connectivity index (χ4v) is 2.20. The number of hydrogen-bond donors (Lipinski definition) is 1. The molecule has 1 atom stereocenters. The fourth-order valence-electron chi connectivity index (χ4n) is 2.20. The Labute approximate surface area is 139 Å². The van der Waals surface area contributed by atoms with Gasteiger partial charge in [0.2, 0.25) is 5.95 Å². The van der Waals surface area contributed by atoms with Gasteiger partial charge in [-0.05, 0) is 36.8 Å². The fraction of sp³-hybridized carbons (Fsp3) is 0.235. The zero-order valence-corrected chi connectivity index (χ0v) is 13.5. The van der Waals surface area contributed by atoms with Crippen LogP contribution in [-0.4, -0.2) is 33.7 Å². The predicted octanol–water partition coefficient (Wildman–Crippen LogP) is 2.28. The molecule has 3 rings (SSSR count). The minimum Gasteiger partial charge on any atom is -0.497 e. The van der Waals surface area contributed by atoms with Gasteiger partial charge >= 0.3 is 0 Å². The zero-order valence-electron chi connectivity index (χ0n) is 13.5. The molecular weight excluding hydrogens is 308 g/mol. The van der Waals surface area contributed by atoms with Crippen molar-refractivity contribution in [3.8, 4) is 5.75 Å². The van der Waals surface area contributed by atoms with Crippen molar-refractivity contribution in [3.05, 3.63) is 54.2 Å². The number of benzene rings is 1. The number of ether oxygens (including phenoxy) is 2. The molecule has 3 aromatic rings. The van der Waals surface area contributed by atoms with E-state index in [9.17, 15) is 4.79 Å². The molecule has 124 valence electrons. The van der Waals surface area contributed by atoms with Crippen molar-refractivity contribution in [2.75, 3.05) is 12.4 Å². The highest BCUT2D eigenvalue weighted by molar-refractivity contribution is 5.92. The first kappa shape index (κ1) is 15.9. The standard InChI is InChI=1S/C17H18N4O3/c1-12(24-11-13-6-5-7-14(10-13)23-2)16(22)18-17-20-19-15-8-3-4-9-21(15)17/h3-10,12H,11H2,1-2H3,(H,18,20,22). The molecule has 24 heavy (non-hydrogen) atoms. The lowest BCUT2D eigenvalue weighted by molar-refractivity contribution is -0.127. The minimum atomic E-state index is -0.632. The summed E-state index contributed by atoms with van der Waals surface area (Å²) in [7, 11) is 1.61. The number of nitrogens with zero attached hydrogens (tertiary/aromatic N) is 3. The van der Waals surface area contributed by atoms with Gasteiger partial charge < -0.3 is 9.47 Å². The van der Waals surface area contributed by atoms with Gasteiger partial charge in [-0.1, -0.05) is 18.2 Å². The molecule has 0 aliphatic heterocycles. The number of anilines is 1. The molecule has 0 aliphatic carbocycles. The lowest BCUT2D eigenvalue weighted by Gasteiger charge is -2.13. The predicted molar refractivity (Wildman–Crippen MR) is 88.9 cm³/mol. The van der Waals surface area contributed by atoms with Crippen LogP contribution < -0.4 is 10.1 Å². The number of carbonyl (C=O) groups is 1. The average molecular weight is 326 g/mol. The van der Waals surface area contributed by atoms with Crippen LogP contribution in [0.3, 0.4) is 0 Å². The number of fused-ring (bicyclic) bond motifs is 1. The van der Waals surface area contributed by atoms with E-state index in [-0.39, 0.29) is 5.91 Å². The molecule has 7 nitrogen and oxygen atoms in total. The quantitative estimate of drug-likeness (QED) is 0.752. The molecule has 0 saturated heterocycles. The van der Waals surface area contributed by atoms with Crippen LogP contribution in [-0.2, 0) is 16.1 Å². The van der Waals surface area contributed by atoms with E-state index in [4.69, 9.17) is 9.47 Å². The molecule has 0 fully saturated rings.